The summed E-state index contributed by atoms with van der Waals surface area (Å²) in [5.41, 5.74) is 6.56. The summed E-state index contributed by atoms with van der Waals surface area (Å²) in [5.74, 6) is 0.811. The summed E-state index contributed by atoms with van der Waals surface area (Å²) in [5, 5.41) is 0. The lowest BCUT2D eigenvalue weighted by Crippen LogP contribution is -2.43. The van der Waals surface area contributed by atoms with Gasteiger partial charge in [-0.3, -0.25) is 0 Å². The third kappa shape index (κ3) is 4.89. The van der Waals surface area contributed by atoms with Crippen LogP contribution in [0, 0.1) is 11.3 Å². The van der Waals surface area contributed by atoms with Gasteiger partial charge in [0.2, 0.25) is 0 Å². The molecule has 1 unspecified atom stereocenters. The van der Waals surface area contributed by atoms with Gasteiger partial charge in [-0.05, 0) is 37.3 Å². The normalized spacial score (nSPS) is 21.8. The predicted octanol–water partition coefficient (Wildman–Crippen LogP) is 3.65. The number of hydrogen-bond donors (Lipinski definition) is 1. The van der Waals surface area contributed by atoms with Gasteiger partial charge in [0.05, 0.1) is 0 Å². The first kappa shape index (κ1) is 16.0. The van der Waals surface area contributed by atoms with Crippen molar-refractivity contribution < 1.29 is 0 Å². The lowest BCUT2D eigenvalue weighted by atomic mass is 9.79. The summed E-state index contributed by atoms with van der Waals surface area (Å²) >= 11 is 0. The van der Waals surface area contributed by atoms with Crippen molar-refractivity contribution in [1.29, 1.82) is 0 Å². The van der Waals surface area contributed by atoms with Gasteiger partial charge in [-0.15, -0.1) is 0 Å². The fraction of sp³-hybridized carbons (Fsp3) is 1.00. The minimum Gasteiger partial charge on any atom is -0.330 e. The molecule has 108 valence electrons. The van der Waals surface area contributed by atoms with Crippen LogP contribution in [0.15, 0.2) is 0 Å². The Hall–Kier alpha value is -0.0800. The van der Waals surface area contributed by atoms with Crippen LogP contribution in [0.3, 0.4) is 0 Å². The molecule has 0 aromatic heterocycles. The molecule has 0 saturated heterocycles. The van der Waals surface area contributed by atoms with Gasteiger partial charge in [0.15, 0.2) is 0 Å². The van der Waals surface area contributed by atoms with E-state index in [1.807, 2.05) is 0 Å². The zero-order chi connectivity index (χ0) is 13.4. The summed E-state index contributed by atoms with van der Waals surface area (Å²) in [7, 11) is 0. The molecule has 2 N–H and O–H groups in total. The second-order valence-electron chi connectivity index (χ2n) is 6.46. The molecule has 2 heteroatoms. The molecule has 0 bridgehead atoms. The van der Waals surface area contributed by atoms with Gasteiger partial charge in [0, 0.05) is 13.1 Å². The monoisotopic (exact) mass is 254 g/mol. The first-order chi connectivity index (χ1) is 8.65. The second-order valence-corrected chi connectivity index (χ2v) is 6.46. The molecule has 1 rings (SSSR count). The highest BCUT2D eigenvalue weighted by molar-refractivity contribution is 4.86. The number of nitrogens with two attached hydrogens (primary N) is 1. The Morgan fingerprint density at radius 2 is 1.72 bits per heavy atom. The van der Waals surface area contributed by atoms with Crippen molar-refractivity contribution in [3.05, 3.63) is 0 Å². The molecule has 1 aliphatic carbocycles. The quantitative estimate of drug-likeness (QED) is 0.703. The van der Waals surface area contributed by atoms with Gasteiger partial charge >= 0.3 is 0 Å². The summed E-state index contributed by atoms with van der Waals surface area (Å²) < 4.78 is 0. The average Bonchev–Trinajstić information content (AvgIpc) is 2.64. The molecule has 0 aliphatic heterocycles. The summed E-state index contributed by atoms with van der Waals surface area (Å²) in [6.07, 6.45) is 9.59. The predicted molar refractivity (Wildman–Crippen MR) is 80.8 cm³/mol. The number of rotatable bonds is 7. The molecule has 0 aromatic rings. The van der Waals surface area contributed by atoms with Crippen LogP contribution >= 0.6 is 0 Å². The van der Waals surface area contributed by atoms with Crippen LogP contribution in [-0.2, 0) is 0 Å². The lowest BCUT2D eigenvalue weighted by Gasteiger charge is -2.37. The van der Waals surface area contributed by atoms with Crippen molar-refractivity contribution in [2.45, 2.75) is 65.7 Å². The van der Waals surface area contributed by atoms with E-state index in [2.05, 4.69) is 25.7 Å². The second kappa shape index (κ2) is 8.16. The van der Waals surface area contributed by atoms with Gasteiger partial charge in [-0.2, -0.15) is 0 Å². The van der Waals surface area contributed by atoms with E-state index in [4.69, 9.17) is 5.73 Å². The van der Waals surface area contributed by atoms with Gasteiger partial charge in [0.1, 0.15) is 0 Å². The number of nitrogens with zero attached hydrogens (tertiary/aromatic N) is 1. The Kier molecular flexibility index (Phi) is 7.25. The summed E-state index contributed by atoms with van der Waals surface area (Å²) in [4.78, 5) is 2.65. The Balaban J connectivity index is 2.57. The van der Waals surface area contributed by atoms with Crippen LogP contribution < -0.4 is 5.73 Å². The van der Waals surface area contributed by atoms with Crippen LogP contribution in [0.1, 0.15) is 65.7 Å². The molecule has 18 heavy (non-hydrogen) atoms. The summed E-state index contributed by atoms with van der Waals surface area (Å²) in [6.45, 7) is 11.5. The summed E-state index contributed by atoms with van der Waals surface area (Å²) in [6, 6.07) is 0. The van der Waals surface area contributed by atoms with Gasteiger partial charge in [-0.1, -0.05) is 52.9 Å². The standard InChI is InChI=1S/C16H34N2/c1-4-15(3)12-18(5-2)14-16(13-17)10-8-6-7-9-11-16/h15H,4-14,17H2,1-3H3. The van der Waals surface area contributed by atoms with Crippen LogP contribution in [0.2, 0.25) is 0 Å². The Labute approximate surface area is 114 Å². The molecule has 0 spiro atoms. The van der Waals surface area contributed by atoms with Gasteiger partial charge in [-0.25, -0.2) is 0 Å². The minimum atomic E-state index is 0.417. The molecule has 1 fully saturated rings. The maximum atomic E-state index is 6.15. The SMILES string of the molecule is CCC(C)CN(CC)CC1(CN)CCCCCC1. The molecule has 2 nitrogen and oxygen atoms in total. The zero-order valence-corrected chi connectivity index (χ0v) is 12.9. The Bertz CT molecular complexity index is 207. The number of hydrogen-bond acceptors (Lipinski definition) is 2. The maximum absolute atomic E-state index is 6.15. The smallest absolute Gasteiger partial charge is 0.00501 e. The highest BCUT2D eigenvalue weighted by Gasteiger charge is 2.31. The van der Waals surface area contributed by atoms with E-state index in [0.717, 1.165) is 12.5 Å². The van der Waals surface area contributed by atoms with Gasteiger partial charge < -0.3 is 10.6 Å². The van der Waals surface area contributed by atoms with Crippen molar-refractivity contribution in [2.75, 3.05) is 26.2 Å². The van der Waals surface area contributed by atoms with Crippen molar-refractivity contribution in [3.63, 3.8) is 0 Å². The molecule has 1 aliphatic rings. The Morgan fingerprint density at radius 3 is 2.17 bits per heavy atom. The van der Waals surface area contributed by atoms with Crippen LogP contribution in [0.5, 0.6) is 0 Å². The van der Waals surface area contributed by atoms with E-state index in [1.54, 1.807) is 0 Å². The minimum absolute atomic E-state index is 0.417. The molecule has 0 aromatic carbocycles. The fourth-order valence-corrected chi connectivity index (χ4v) is 3.26. The maximum Gasteiger partial charge on any atom is 0.00501 e. The van der Waals surface area contributed by atoms with Crippen molar-refractivity contribution in [3.8, 4) is 0 Å². The topological polar surface area (TPSA) is 29.3 Å². The third-order valence-corrected chi connectivity index (χ3v) is 4.87. The Morgan fingerprint density at radius 1 is 1.11 bits per heavy atom. The van der Waals surface area contributed by atoms with Crippen molar-refractivity contribution >= 4 is 0 Å². The highest BCUT2D eigenvalue weighted by atomic mass is 15.1. The largest absolute Gasteiger partial charge is 0.330 e. The van der Waals surface area contributed by atoms with Crippen molar-refractivity contribution in [1.82, 2.24) is 4.90 Å². The fourth-order valence-electron chi connectivity index (χ4n) is 3.26. The van der Waals surface area contributed by atoms with Crippen LogP contribution in [-0.4, -0.2) is 31.1 Å². The third-order valence-electron chi connectivity index (χ3n) is 4.87. The van der Waals surface area contributed by atoms with E-state index in [9.17, 15) is 0 Å². The lowest BCUT2D eigenvalue weighted by molar-refractivity contribution is 0.127. The van der Waals surface area contributed by atoms with Crippen molar-refractivity contribution in [2.24, 2.45) is 17.1 Å². The average molecular weight is 254 g/mol. The molecule has 0 amide bonds. The first-order valence-corrected chi connectivity index (χ1v) is 8.08. The van der Waals surface area contributed by atoms with E-state index in [0.29, 0.717) is 5.41 Å². The van der Waals surface area contributed by atoms with Crippen LogP contribution in [0.25, 0.3) is 0 Å². The van der Waals surface area contributed by atoms with E-state index in [1.165, 1.54) is 64.6 Å². The highest BCUT2D eigenvalue weighted by Crippen LogP contribution is 2.35. The molecule has 1 atom stereocenters. The molecule has 0 heterocycles. The zero-order valence-electron chi connectivity index (χ0n) is 12.9. The molecular weight excluding hydrogens is 220 g/mol. The van der Waals surface area contributed by atoms with Crippen LogP contribution in [0.4, 0.5) is 0 Å². The van der Waals surface area contributed by atoms with E-state index >= 15 is 0 Å². The van der Waals surface area contributed by atoms with Gasteiger partial charge in [0.25, 0.3) is 0 Å². The van der Waals surface area contributed by atoms with E-state index < -0.39 is 0 Å². The molecule has 1 saturated carbocycles. The first-order valence-electron chi connectivity index (χ1n) is 8.08. The van der Waals surface area contributed by atoms with E-state index in [-0.39, 0.29) is 0 Å². The molecule has 0 radical (unpaired) electrons. The molecular formula is C16H34N2.